The van der Waals surface area contributed by atoms with Gasteiger partial charge in [0.05, 0.1) is 12.7 Å². The molecule has 0 spiro atoms. The van der Waals surface area contributed by atoms with Crippen LogP contribution < -0.4 is 0 Å². The summed E-state index contributed by atoms with van der Waals surface area (Å²) in [5.74, 6) is 0. The van der Waals surface area contributed by atoms with E-state index in [9.17, 15) is 30.6 Å². The first-order chi connectivity index (χ1) is 9.32. The SMILES string of the molecule is C[C@@H]1O[C@@H](O[C@H]2C(O)OC[C@@H](O)[C@@H]2O)[C@H](O)[C@H](O)[C@H]1O. The van der Waals surface area contributed by atoms with Crippen LogP contribution in [0.5, 0.6) is 0 Å². The van der Waals surface area contributed by atoms with Gasteiger partial charge in [0.25, 0.3) is 0 Å². The smallest absolute Gasteiger partial charge is 0.187 e. The van der Waals surface area contributed by atoms with Crippen molar-refractivity contribution >= 4 is 0 Å². The van der Waals surface area contributed by atoms with Gasteiger partial charge in [-0.1, -0.05) is 0 Å². The molecule has 9 heteroatoms. The van der Waals surface area contributed by atoms with E-state index in [2.05, 4.69) is 0 Å². The standard InChI is InChI=1S/C11H20O9/c1-3-5(13)7(15)8(16)11(19-3)20-9-6(14)4(12)2-18-10(9)17/h3-17H,2H2,1H3/t3-,4+,5-,6-,7+,8+,9+,10?,11-/m0/s1. The maximum absolute atomic E-state index is 9.77. The van der Waals surface area contributed by atoms with Crippen molar-refractivity contribution in [1.29, 1.82) is 0 Å². The van der Waals surface area contributed by atoms with Crippen molar-refractivity contribution in [3.8, 4) is 0 Å². The minimum Gasteiger partial charge on any atom is -0.388 e. The topological polar surface area (TPSA) is 149 Å². The highest BCUT2D eigenvalue weighted by molar-refractivity contribution is 4.90. The number of rotatable bonds is 2. The fourth-order valence-corrected chi connectivity index (χ4v) is 2.21. The Balaban J connectivity index is 2.04. The van der Waals surface area contributed by atoms with Gasteiger partial charge >= 0.3 is 0 Å². The van der Waals surface area contributed by atoms with Crippen molar-refractivity contribution in [3.05, 3.63) is 0 Å². The Hall–Kier alpha value is -0.360. The van der Waals surface area contributed by atoms with E-state index >= 15 is 0 Å². The minimum absolute atomic E-state index is 0.256. The van der Waals surface area contributed by atoms with Crippen molar-refractivity contribution in [2.45, 2.75) is 62.2 Å². The molecule has 0 amide bonds. The second kappa shape index (κ2) is 6.18. The molecular formula is C11H20O9. The minimum atomic E-state index is -1.57. The Morgan fingerprint density at radius 2 is 1.55 bits per heavy atom. The lowest BCUT2D eigenvalue weighted by molar-refractivity contribution is -0.348. The summed E-state index contributed by atoms with van der Waals surface area (Å²) in [5, 5.41) is 57.7. The molecule has 2 heterocycles. The summed E-state index contributed by atoms with van der Waals surface area (Å²) in [7, 11) is 0. The Morgan fingerprint density at radius 1 is 0.900 bits per heavy atom. The highest BCUT2D eigenvalue weighted by Crippen LogP contribution is 2.26. The van der Waals surface area contributed by atoms with E-state index in [0.29, 0.717) is 0 Å². The fraction of sp³-hybridized carbons (Fsp3) is 1.00. The van der Waals surface area contributed by atoms with E-state index < -0.39 is 55.3 Å². The first-order valence-electron chi connectivity index (χ1n) is 6.34. The molecule has 2 rings (SSSR count). The molecule has 2 saturated heterocycles. The molecule has 2 aliphatic heterocycles. The quantitative estimate of drug-likeness (QED) is 0.302. The lowest BCUT2D eigenvalue weighted by Crippen LogP contribution is -2.61. The van der Waals surface area contributed by atoms with Crippen molar-refractivity contribution < 1.29 is 44.8 Å². The van der Waals surface area contributed by atoms with E-state index in [-0.39, 0.29) is 6.61 Å². The van der Waals surface area contributed by atoms with Crippen molar-refractivity contribution in [2.75, 3.05) is 6.61 Å². The summed E-state index contributed by atoms with van der Waals surface area (Å²) in [6.45, 7) is 1.21. The van der Waals surface area contributed by atoms with Gasteiger partial charge in [-0.3, -0.25) is 0 Å². The van der Waals surface area contributed by atoms with Gasteiger partial charge in [0.15, 0.2) is 12.6 Å². The van der Waals surface area contributed by atoms with Gasteiger partial charge in [-0.05, 0) is 6.92 Å². The molecule has 0 aromatic heterocycles. The molecule has 0 aromatic rings. The molecular weight excluding hydrogens is 276 g/mol. The molecule has 9 nitrogen and oxygen atoms in total. The molecule has 0 bridgehead atoms. The third kappa shape index (κ3) is 2.96. The zero-order valence-electron chi connectivity index (χ0n) is 10.8. The average Bonchev–Trinajstić information content (AvgIpc) is 2.42. The van der Waals surface area contributed by atoms with E-state index in [4.69, 9.17) is 14.2 Å². The number of ether oxygens (including phenoxy) is 3. The summed E-state index contributed by atoms with van der Waals surface area (Å²) in [4.78, 5) is 0. The second-order valence-corrected chi connectivity index (χ2v) is 5.06. The zero-order valence-corrected chi connectivity index (χ0v) is 10.8. The van der Waals surface area contributed by atoms with Crippen LogP contribution in [0.2, 0.25) is 0 Å². The predicted octanol–water partition coefficient (Wildman–Crippen LogP) is -3.73. The highest BCUT2D eigenvalue weighted by Gasteiger charge is 2.47. The van der Waals surface area contributed by atoms with Crippen LogP contribution in [0.4, 0.5) is 0 Å². The number of aliphatic hydroxyl groups is 6. The second-order valence-electron chi connectivity index (χ2n) is 5.06. The molecule has 0 aliphatic carbocycles. The normalized spacial score (nSPS) is 53.9. The van der Waals surface area contributed by atoms with Crippen LogP contribution in [0.3, 0.4) is 0 Å². The number of hydrogen-bond donors (Lipinski definition) is 6. The molecule has 0 aromatic carbocycles. The van der Waals surface area contributed by atoms with Crippen molar-refractivity contribution in [1.82, 2.24) is 0 Å². The Labute approximate surface area is 114 Å². The van der Waals surface area contributed by atoms with Crippen molar-refractivity contribution in [2.24, 2.45) is 0 Å². The zero-order chi connectivity index (χ0) is 15.0. The van der Waals surface area contributed by atoms with Gasteiger partial charge in [-0.15, -0.1) is 0 Å². The van der Waals surface area contributed by atoms with Crippen LogP contribution in [0.25, 0.3) is 0 Å². The van der Waals surface area contributed by atoms with Gasteiger partial charge in [0, 0.05) is 0 Å². The highest BCUT2D eigenvalue weighted by atomic mass is 16.7. The number of hydrogen-bond acceptors (Lipinski definition) is 9. The van der Waals surface area contributed by atoms with Crippen LogP contribution in [-0.2, 0) is 14.2 Å². The fourth-order valence-electron chi connectivity index (χ4n) is 2.21. The summed E-state index contributed by atoms with van der Waals surface area (Å²) in [6.07, 6.45) is -12.1. The lowest BCUT2D eigenvalue weighted by atomic mass is 9.99. The van der Waals surface area contributed by atoms with Crippen molar-refractivity contribution in [3.63, 3.8) is 0 Å². The first-order valence-corrected chi connectivity index (χ1v) is 6.34. The molecule has 20 heavy (non-hydrogen) atoms. The molecule has 1 unspecified atom stereocenters. The Morgan fingerprint density at radius 3 is 2.20 bits per heavy atom. The number of aliphatic hydroxyl groups excluding tert-OH is 6. The van der Waals surface area contributed by atoms with Crippen LogP contribution in [0.15, 0.2) is 0 Å². The summed E-state index contributed by atoms with van der Waals surface area (Å²) in [6, 6.07) is 0. The van der Waals surface area contributed by atoms with Gasteiger partial charge in [-0.25, -0.2) is 0 Å². The van der Waals surface area contributed by atoms with Gasteiger partial charge in [0.1, 0.15) is 36.6 Å². The Kier molecular flexibility index (Phi) is 4.95. The molecule has 6 N–H and O–H groups in total. The third-order valence-electron chi connectivity index (χ3n) is 3.55. The van der Waals surface area contributed by atoms with Crippen LogP contribution in [0.1, 0.15) is 6.92 Å². The van der Waals surface area contributed by atoms with Crippen LogP contribution in [0, 0.1) is 0 Å². The molecule has 2 aliphatic rings. The average molecular weight is 296 g/mol. The largest absolute Gasteiger partial charge is 0.388 e. The monoisotopic (exact) mass is 296 g/mol. The molecule has 118 valence electrons. The summed E-state index contributed by atoms with van der Waals surface area (Å²) in [5.41, 5.74) is 0. The van der Waals surface area contributed by atoms with E-state index in [1.54, 1.807) is 0 Å². The van der Waals surface area contributed by atoms with E-state index in [0.717, 1.165) is 0 Å². The first kappa shape index (κ1) is 16.0. The van der Waals surface area contributed by atoms with Gasteiger partial charge < -0.3 is 44.8 Å². The van der Waals surface area contributed by atoms with Crippen LogP contribution >= 0.6 is 0 Å². The predicted molar refractivity (Wildman–Crippen MR) is 61.2 cm³/mol. The summed E-state index contributed by atoms with van der Waals surface area (Å²) >= 11 is 0. The molecule has 9 atom stereocenters. The maximum Gasteiger partial charge on any atom is 0.187 e. The summed E-state index contributed by atoms with van der Waals surface area (Å²) < 4.78 is 15.2. The third-order valence-corrected chi connectivity index (χ3v) is 3.55. The van der Waals surface area contributed by atoms with E-state index in [1.807, 2.05) is 0 Å². The maximum atomic E-state index is 9.77. The molecule has 0 radical (unpaired) electrons. The van der Waals surface area contributed by atoms with Crippen LogP contribution in [-0.4, -0.2) is 92.6 Å². The lowest BCUT2D eigenvalue weighted by Gasteiger charge is -2.43. The van der Waals surface area contributed by atoms with E-state index in [1.165, 1.54) is 6.92 Å². The van der Waals surface area contributed by atoms with Gasteiger partial charge in [0.2, 0.25) is 0 Å². The van der Waals surface area contributed by atoms with Gasteiger partial charge in [-0.2, -0.15) is 0 Å². The molecule has 2 fully saturated rings. The Bertz CT molecular complexity index is 327. The molecule has 0 saturated carbocycles.